The molecular weight excluding hydrogens is 350 g/mol. The summed E-state index contributed by atoms with van der Waals surface area (Å²) >= 11 is 5.95. The SMILES string of the molecule is Cc1ccc(-c2cc(=O)n(CC(=O)Nc3cc(Cl)ccc3C)cn2)cc1. The molecule has 0 unspecified atom stereocenters. The molecule has 0 fully saturated rings. The molecule has 1 N–H and O–H groups in total. The molecule has 1 amide bonds. The van der Waals surface area contributed by atoms with E-state index in [0.29, 0.717) is 16.4 Å². The van der Waals surface area contributed by atoms with E-state index in [2.05, 4.69) is 10.3 Å². The van der Waals surface area contributed by atoms with E-state index in [1.807, 2.05) is 44.2 Å². The highest BCUT2D eigenvalue weighted by atomic mass is 35.5. The number of aryl methyl sites for hydroxylation is 2. The van der Waals surface area contributed by atoms with E-state index in [4.69, 9.17) is 11.6 Å². The molecule has 6 heteroatoms. The van der Waals surface area contributed by atoms with Crippen molar-refractivity contribution >= 4 is 23.2 Å². The molecular formula is C20H18ClN3O2. The minimum absolute atomic E-state index is 0.119. The fraction of sp³-hybridized carbons (Fsp3) is 0.150. The van der Waals surface area contributed by atoms with Gasteiger partial charge >= 0.3 is 0 Å². The third-order valence-corrected chi connectivity index (χ3v) is 4.25. The number of amides is 1. The molecule has 132 valence electrons. The van der Waals surface area contributed by atoms with Gasteiger partial charge in [-0.3, -0.25) is 14.2 Å². The normalized spacial score (nSPS) is 10.6. The van der Waals surface area contributed by atoms with Crippen molar-refractivity contribution in [2.75, 3.05) is 5.32 Å². The lowest BCUT2D eigenvalue weighted by Crippen LogP contribution is -2.27. The van der Waals surface area contributed by atoms with Crippen molar-refractivity contribution in [1.82, 2.24) is 9.55 Å². The highest BCUT2D eigenvalue weighted by Gasteiger charge is 2.09. The first-order chi connectivity index (χ1) is 12.4. The second-order valence-electron chi connectivity index (χ2n) is 6.11. The lowest BCUT2D eigenvalue weighted by Gasteiger charge is -2.10. The number of anilines is 1. The molecule has 5 nitrogen and oxygen atoms in total. The van der Waals surface area contributed by atoms with Crippen LogP contribution in [-0.2, 0) is 11.3 Å². The van der Waals surface area contributed by atoms with Crippen LogP contribution in [0, 0.1) is 13.8 Å². The zero-order valence-corrected chi connectivity index (χ0v) is 15.2. The van der Waals surface area contributed by atoms with Crippen molar-refractivity contribution in [2.24, 2.45) is 0 Å². The van der Waals surface area contributed by atoms with Crippen LogP contribution in [0.2, 0.25) is 5.02 Å². The van der Waals surface area contributed by atoms with Crippen LogP contribution in [-0.4, -0.2) is 15.5 Å². The first kappa shape index (κ1) is 17.9. The van der Waals surface area contributed by atoms with Gasteiger partial charge in [0.1, 0.15) is 6.54 Å². The van der Waals surface area contributed by atoms with E-state index in [1.54, 1.807) is 12.1 Å². The van der Waals surface area contributed by atoms with E-state index in [9.17, 15) is 9.59 Å². The van der Waals surface area contributed by atoms with Crippen LogP contribution in [0.4, 0.5) is 5.69 Å². The Kier molecular flexibility index (Phi) is 5.19. The summed E-state index contributed by atoms with van der Waals surface area (Å²) in [5.41, 5.74) is 3.81. The Hall–Kier alpha value is -2.92. The van der Waals surface area contributed by atoms with E-state index < -0.39 is 0 Å². The summed E-state index contributed by atoms with van der Waals surface area (Å²) in [6.45, 7) is 3.75. The molecule has 26 heavy (non-hydrogen) atoms. The molecule has 0 saturated heterocycles. The highest BCUT2D eigenvalue weighted by molar-refractivity contribution is 6.31. The van der Waals surface area contributed by atoms with Crippen molar-refractivity contribution in [3.05, 3.63) is 81.4 Å². The van der Waals surface area contributed by atoms with Crippen molar-refractivity contribution in [2.45, 2.75) is 20.4 Å². The van der Waals surface area contributed by atoms with Crippen LogP contribution < -0.4 is 10.9 Å². The summed E-state index contributed by atoms with van der Waals surface area (Å²) in [5.74, 6) is -0.317. The Balaban J connectivity index is 1.75. The summed E-state index contributed by atoms with van der Waals surface area (Å²) in [6, 6.07) is 14.4. The first-order valence-corrected chi connectivity index (χ1v) is 8.50. The Labute approximate surface area is 156 Å². The predicted octanol–water partition coefficient (Wildman–Crippen LogP) is 3.82. The molecule has 0 bridgehead atoms. The molecule has 2 aromatic carbocycles. The average molecular weight is 368 g/mol. The van der Waals surface area contributed by atoms with Crippen LogP contribution in [0.3, 0.4) is 0 Å². The molecule has 0 atom stereocenters. The highest BCUT2D eigenvalue weighted by Crippen LogP contribution is 2.20. The van der Waals surface area contributed by atoms with Gasteiger partial charge < -0.3 is 5.32 Å². The monoisotopic (exact) mass is 367 g/mol. The van der Waals surface area contributed by atoms with E-state index in [0.717, 1.165) is 16.7 Å². The molecule has 0 radical (unpaired) electrons. The molecule has 0 aliphatic carbocycles. The fourth-order valence-corrected chi connectivity index (χ4v) is 2.67. The van der Waals surface area contributed by atoms with Gasteiger partial charge in [0.15, 0.2) is 0 Å². The van der Waals surface area contributed by atoms with Crippen molar-refractivity contribution in [3.8, 4) is 11.3 Å². The van der Waals surface area contributed by atoms with Crippen LogP contribution in [0.25, 0.3) is 11.3 Å². The number of carbonyl (C=O) groups is 1. The third kappa shape index (κ3) is 4.18. The number of nitrogens with zero attached hydrogens (tertiary/aromatic N) is 2. The number of aromatic nitrogens is 2. The maximum absolute atomic E-state index is 12.3. The Morgan fingerprint density at radius 1 is 1.12 bits per heavy atom. The number of halogens is 1. The summed E-state index contributed by atoms with van der Waals surface area (Å²) < 4.78 is 1.27. The lowest BCUT2D eigenvalue weighted by atomic mass is 10.1. The van der Waals surface area contributed by atoms with Gasteiger partial charge in [-0.15, -0.1) is 0 Å². The largest absolute Gasteiger partial charge is 0.324 e. The standard InChI is InChI=1S/C20H18ClN3O2/c1-13-3-6-15(7-4-13)18-10-20(26)24(12-22-18)11-19(25)23-17-9-16(21)8-5-14(17)2/h3-10,12H,11H2,1-2H3,(H,23,25). The van der Waals surface area contributed by atoms with Crippen LogP contribution in [0.1, 0.15) is 11.1 Å². The zero-order chi connectivity index (χ0) is 18.7. The second-order valence-corrected chi connectivity index (χ2v) is 6.55. The predicted molar refractivity (Wildman–Crippen MR) is 103 cm³/mol. The summed E-state index contributed by atoms with van der Waals surface area (Å²) in [5, 5.41) is 3.30. The summed E-state index contributed by atoms with van der Waals surface area (Å²) in [4.78, 5) is 28.9. The Morgan fingerprint density at radius 2 is 1.85 bits per heavy atom. The molecule has 3 aromatic rings. The average Bonchev–Trinajstić information content (AvgIpc) is 2.60. The summed E-state index contributed by atoms with van der Waals surface area (Å²) in [7, 11) is 0. The van der Waals surface area contributed by atoms with E-state index in [-0.39, 0.29) is 18.0 Å². The fourth-order valence-electron chi connectivity index (χ4n) is 2.50. The van der Waals surface area contributed by atoms with Gasteiger partial charge in [-0.25, -0.2) is 4.98 Å². The van der Waals surface area contributed by atoms with Gasteiger partial charge in [-0.05, 0) is 31.5 Å². The van der Waals surface area contributed by atoms with Crippen molar-refractivity contribution in [1.29, 1.82) is 0 Å². The van der Waals surface area contributed by atoms with Crippen LogP contribution in [0.5, 0.6) is 0 Å². The van der Waals surface area contributed by atoms with Crippen molar-refractivity contribution < 1.29 is 4.79 Å². The van der Waals surface area contributed by atoms with Crippen LogP contribution >= 0.6 is 11.6 Å². The van der Waals surface area contributed by atoms with Gasteiger partial charge in [0.05, 0.1) is 12.0 Å². The van der Waals surface area contributed by atoms with E-state index >= 15 is 0 Å². The van der Waals surface area contributed by atoms with Crippen molar-refractivity contribution in [3.63, 3.8) is 0 Å². The molecule has 0 aliphatic rings. The molecule has 0 spiro atoms. The minimum Gasteiger partial charge on any atom is -0.324 e. The maximum atomic E-state index is 12.3. The topological polar surface area (TPSA) is 64.0 Å². The molecule has 1 heterocycles. The number of rotatable bonds is 4. The quantitative estimate of drug-likeness (QED) is 0.762. The maximum Gasteiger partial charge on any atom is 0.254 e. The van der Waals surface area contributed by atoms with Gasteiger partial charge in [-0.2, -0.15) is 0 Å². The minimum atomic E-state index is -0.317. The smallest absolute Gasteiger partial charge is 0.254 e. The molecule has 0 saturated carbocycles. The zero-order valence-electron chi connectivity index (χ0n) is 14.5. The molecule has 3 rings (SSSR count). The Morgan fingerprint density at radius 3 is 2.54 bits per heavy atom. The number of carbonyl (C=O) groups excluding carboxylic acids is 1. The third-order valence-electron chi connectivity index (χ3n) is 4.01. The van der Waals surface area contributed by atoms with Gasteiger partial charge in [-0.1, -0.05) is 47.5 Å². The number of benzene rings is 2. The number of hydrogen-bond donors (Lipinski definition) is 1. The van der Waals surface area contributed by atoms with Gasteiger partial charge in [0, 0.05) is 22.3 Å². The lowest BCUT2D eigenvalue weighted by molar-refractivity contribution is -0.116. The van der Waals surface area contributed by atoms with Gasteiger partial charge in [0.25, 0.3) is 5.56 Å². The van der Waals surface area contributed by atoms with Gasteiger partial charge in [0.2, 0.25) is 5.91 Å². The summed E-state index contributed by atoms with van der Waals surface area (Å²) in [6.07, 6.45) is 1.39. The van der Waals surface area contributed by atoms with Crippen LogP contribution in [0.15, 0.2) is 59.7 Å². The molecule has 0 aliphatic heterocycles. The Bertz CT molecular complexity index is 1010. The number of nitrogens with one attached hydrogen (secondary N) is 1. The first-order valence-electron chi connectivity index (χ1n) is 8.12. The van der Waals surface area contributed by atoms with E-state index in [1.165, 1.54) is 17.0 Å². The second kappa shape index (κ2) is 7.54. The number of hydrogen-bond acceptors (Lipinski definition) is 3. The molecule has 1 aromatic heterocycles.